The smallest absolute Gasteiger partial charge is 0.207 e. The van der Waals surface area contributed by atoms with Crippen LogP contribution in [-0.4, -0.2) is 45.6 Å². The van der Waals surface area contributed by atoms with Crippen LogP contribution in [0.15, 0.2) is 58.3 Å². The van der Waals surface area contributed by atoms with E-state index >= 15 is 0 Å². The van der Waals surface area contributed by atoms with Crippen LogP contribution in [0, 0.1) is 0 Å². The lowest BCUT2D eigenvalue weighted by atomic mass is 10.1. The van der Waals surface area contributed by atoms with Crippen LogP contribution in [0.2, 0.25) is 0 Å². The summed E-state index contributed by atoms with van der Waals surface area (Å²) in [5, 5.41) is 0. The summed E-state index contributed by atoms with van der Waals surface area (Å²) in [5.41, 5.74) is 2.10. The van der Waals surface area contributed by atoms with Crippen molar-refractivity contribution in [3.05, 3.63) is 59.7 Å². The Morgan fingerprint density at radius 2 is 1.32 bits per heavy atom. The van der Waals surface area contributed by atoms with Gasteiger partial charge < -0.3 is 0 Å². The molecule has 28 heavy (non-hydrogen) atoms. The lowest BCUT2D eigenvalue weighted by Gasteiger charge is -2.19. The van der Waals surface area contributed by atoms with E-state index in [1.54, 1.807) is 0 Å². The second-order valence-corrected chi connectivity index (χ2v) is 11.0. The minimum atomic E-state index is -3.71. The van der Waals surface area contributed by atoms with E-state index in [1.807, 2.05) is 24.3 Å². The van der Waals surface area contributed by atoms with Crippen molar-refractivity contribution in [3.8, 4) is 0 Å². The second-order valence-electron chi connectivity index (χ2n) is 7.01. The zero-order valence-corrected chi connectivity index (χ0v) is 17.8. The average molecular weight is 423 g/mol. The number of sulfonamides is 2. The average Bonchev–Trinajstić information content (AvgIpc) is 3.24. The Kier molecular flexibility index (Phi) is 6.24. The van der Waals surface area contributed by atoms with Gasteiger partial charge in [-0.2, -0.15) is 8.61 Å². The molecule has 6 nitrogen and oxygen atoms in total. The standard InChI is InChI=1S/C20H26N2O4S2/c1-3-17-6-8-18(9-7-17)16-21(2)27(23,24)19-10-12-20(13-11-19)28(25,26)22-14-4-5-15-22/h6-13H,3-5,14-16H2,1-2H3. The van der Waals surface area contributed by atoms with E-state index in [0.29, 0.717) is 13.1 Å². The quantitative estimate of drug-likeness (QED) is 0.688. The van der Waals surface area contributed by atoms with Crippen molar-refractivity contribution >= 4 is 20.0 Å². The molecule has 0 spiro atoms. The predicted octanol–water partition coefficient (Wildman–Crippen LogP) is 2.85. The van der Waals surface area contributed by atoms with Crippen molar-refractivity contribution < 1.29 is 16.8 Å². The summed E-state index contributed by atoms with van der Waals surface area (Å²) in [6, 6.07) is 13.3. The van der Waals surface area contributed by atoms with Gasteiger partial charge in [0.1, 0.15) is 0 Å². The Bertz CT molecular complexity index is 1010. The fourth-order valence-electron chi connectivity index (χ4n) is 3.26. The van der Waals surface area contributed by atoms with Crippen LogP contribution in [-0.2, 0) is 33.0 Å². The van der Waals surface area contributed by atoms with Gasteiger partial charge in [-0.25, -0.2) is 16.8 Å². The van der Waals surface area contributed by atoms with Crippen LogP contribution in [0.25, 0.3) is 0 Å². The molecule has 2 aromatic carbocycles. The van der Waals surface area contributed by atoms with Gasteiger partial charge in [0.2, 0.25) is 20.0 Å². The van der Waals surface area contributed by atoms with Crippen molar-refractivity contribution in [2.45, 2.75) is 42.5 Å². The first-order valence-electron chi connectivity index (χ1n) is 9.39. The molecule has 0 amide bonds. The minimum absolute atomic E-state index is 0.0838. The summed E-state index contributed by atoms with van der Waals surface area (Å²) in [4.78, 5) is 0.215. The second kappa shape index (κ2) is 8.32. The molecule has 0 saturated carbocycles. The maximum Gasteiger partial charge on any atom is 0.243 e. The zero-order chi connectivity index (χ0) is 20.4. The van der Waals surface area contributed by atoms with E-state index in [2.05, 4.69) is 6.92 Å². The number of hydrogen-bond acceptors (Lipinski definition) is 4. The zero-order valence-electron chi connectivity index (χ0n) is 16.2. The van der Waals surface area contributed by atoms with E-state index in [4.69, 9.17) is 0 Å². The van der Waals surface area contributed by atoms with E-state index in [-0.39, 0.29) is 16.3 Å². The molecule has 8 heteroatoms. The number of aryl methyl sites for hydroxylation is 1. The van der Waals surface area contributed by atoms with Gasteiger partial charge in [-0.05, 0) is 54.7 Å². The van der Waals surface area contributed by atoms with Crippen LogP contribution in [0.3, 0.4) is 0 Å². The Hall–Kier alpha value is -1.74. The molecule has 0 unspecified atom stereocenters. The highest BCUT2D eigenvalue weighted by atomic mass is 32.2. The van der Waals surface area contributed by atoms with Crippen molar-refractivity contribution in [2.75, 3.05) is 20.1 Å². The summed E-state index contributed by atoms with van der Waals surface area (Å²) in [6.07, 6.45) is 2.65. The fourth-order valence-corrected chi connectivity index (χ4v) is 5.94. The third-order valence-electron chi connectivity index (χ3n) is 5.07. The van der Waals surface area contributed by atoms with Gasteiger partial charge in [-0.3, -0.25) is 0 Å². The SMILES string of the molecule is CCc1ccc(CN(C)S(=O)(=O)c2ccc(S(=O)(=O)N3CCCC3)cc2)cc1. The summed E-state index contributed by atoms with van der Waals surface area (Å²) < 4.78 is 53.6. The van der Waals surface area contributed by atoms with Crippen LogP contribution >= 0.6 is 0 Å². The Labute approximate surface area is 167 Å². The fraction of sp³-hybridized carbons (Fsp3) is 0.400. The highest BCUT2D eigenvalue weighted by molar-refractivity contribution is 7.89. The highest BCUT2D eigenvalue weighted by Crippen LogP contribution is 2.23. The Balaban J connectivity index is 1.77. The van der Waals surface area contributed by atoms with Gasteiger partial charge >= 0.3 is 0 Å². The first-order chi connectivity index (χ1) is 13.2. The van der Waals surface area contributed by atoms with Crippen molar-refractivity contribution in [1.29, 1.82) is 0 Å². The third-order valence-corrected chi connectivity index (χ3v) is 8.80. The minimum Gasteiger partial charge on any atom is -0.207 e. The van der Waals surface area contributed by atoms with Crippen LogP contribution in [0.1, 0.15) is 30.9 Å². The number of rotatable bonds is 7. The van der Waals surface area contributed by atoms with Crippen molar-refractivity contribution in [1.82, 2.24) is 8.61 Å². The van der Waals surface area contributed by atoms with Crippen LogP contribution in [0.5, 0.6) is 0 Å². The normalized spacial score (nSPS) is 16.0. The number of hydrogen-bond donors (Lipinski definition) is 0. The molecule has 0 aliphatic carbocycles. The molecule has 2 aromatic rings. The maximum atomic E-state index is 12.8. The maximum absolute atomic E-state index is 12.8. The molecule has 1 saturated heterocycles. The molecule has 1 fully saturated rings. The monoisotopic (exact) mass is 422 g/mol. The molecular formula is C20H26N2O4S2. The van der Waals surface area contributed by atoms with E-state index in [1.165, 1.54) is 45.5 Å². The van der Waals surface area contributed by atoms with Crippen molar-refractivity contribution in [3.63, 3.8) is 0 Å². The van der Waals surface area contributed by atoms with Crippen LogP contribution < -0.4 is 0 Å². The Morgan fingerprint density at radius 3 is 1.86 bits per heavy atom. The van der Waals surface area contributed by atoms with Gasteiger partial charge in [-0.15, -0.1) is 0 Å². The number of benzene rings is 2. The number of nitrogens with zero attached hydrogens (tertiary/aromatic N) is 2. The molecule has 0 N–H and O–H groups in total. The molecule has 0 radical (unpaired) electrons. The topological polar surface area (TPSA) is 74.8 Å². The predicted molar refractivity (Wildman–Crippen MR) is 109 cm³/mol. The lowest BCUT2D eigenvalue weighted by Crippen LogP contribution is -2.28. The van der Waals surface area contributed by atoms with Gasteiger partial charge in [0, 0.05) is 26.7 Å². The van der Waals surface area contributed by atoms with Crippen molar-refractivity contribution in [2.24, 2.45) is 0 Å². The van der Waals surface area contributed by atoms with Gasteiger partial charge in [0.15, 0.2) is 0 Å². The molecule has 0 atom stereocenters. The molecular weight excluding hydrogens is 396 g/mol. The summed E-state index contributed by atoms with van der Waals surface area (Å²) in [6.45, 7) is 3.35. The molecule has 1 aliphatic rings. The van der Waals surface area contributed by atoms with Crippen LogP contribution in [0.4, 0.5) is 0 Å². The molecule has 1 aliphatic heterocycles. The lowest BCUT2D eigenvalue weighted by molar-refractivity contribution is 0.466. The third kappa shape index (κ3) is 4.30. The highest BCUT2D eigenvalue weighted by Gasteiger charge is 2.28. The first-order valence-corrected chi connectivity index (χ1v) is 12.3. The van der Waals surface area contributed by atoms with Gasteiger partial charge in [0.05, 0.1) is 9.79 Å². The molecule has 1 heterocycles. The van der Waals surface area contributed by atoms with Gasteiger partial charge in [-0.1, -0.05) is 31.2 Å². The van der Waals surface area contributed by atoms with E-state index in [0.717, 1.165) is 24.8 Å². The molecule has 0 bridgehead atoms. The summed E-state index contributed by atoms with van der Waals surface area (Å²) >= 11 is 0. The Morgan fingerprint density at radius 1 is 0.821 bits per heavy atom. The first kappa shape index (κ1) is 21.0. The largest absolute Gasteiger partial charge is 0.243 e. The summed E-state index contributed by atoms with van der Waals surface area (Å²) in [5.74, 6) is 0. The molecule has 0 aromatic heterocycles. The van der Waals surface area contributed by atoms with Gasteiger partial charge in [0.25, 0.3) is 0 Å². The van der Waals surface area contributed by atoms with E-state index < -0.39 is 20.0 Å². The van der Waals surface area contributed by atoms with E-state index in [9.17, 15) is 16.8 Å². The summed E-state index contributed by atoms with van der Waals surface area (Å²) in [7, 11) is -5.73. The molecule has 3 rings (SSSR count). The molecule has 152 valence electrons.